The van der Waals surface area contributed by atoms with E-state index < -0.39 is 0 Å². The number of ketones is 1. The Balaban J connectivity index is 1.87. The van der Waals surface area contributed by atoms with E-state index in [1.807, 2.05) is 19.4 Å². The zero-order valence-electron chi connectivity index (χ0n) is 12.2. The van der Waals surface area contributed by atoms with Crippen molar-refractivity contribution in [1.82, 2.24) is 15.0 Å². The van der Waals surface area contributed by atoms with Crippen molar-refractivity contribution in [3.05, 3.63) is 46.7 Å². The summed E-state index contributed by atoms with van der Waals surface area (Å²) in [5.74, 6) is 0.746. The first-order chi connectivity index (χ1) is 10.6. The third-order valence-electron chi connectivity index (χ3n) is 3.38. The molecule has 0 bridgehead atoms. The monoisotopic (exact) mass is 361 g/mol. The highest BCUT2D eigenvalue weighted by molar-refractivity contribution is 9.10. The molecule has 6 nitrogen and oxygen atoms in total. The summed E-state index contributed by atoms with van der Waals surface area (Å²) < 4.78 is 9.43. The van der Waals surface area contributed by atoms with E-state index in [2.05, 4.69) is 26.2 Å². The number of pyridine rings is 1. The quantitative estimate of drug-likeness (QED) is 0.526. The summed E-state index contributed by atoms with van der Waals surface area (Å²) in [4.78, 5) is 12.3. The Morgan fingerprint density at radius 1 is 1.32 bits per heavy atom. The van der Waals surface area contributed by atoms with Crippen LogP contribution in [0.4, 0.5) is 0 Å². The third kappa shape index (κ3) is 2.71. The second-order valence-corrected chi connectivity index (χ2v) is 5.73. The highest BCUT2D eigenvalue weighted by Gasteiger charge is 2.17. The first kappa shape index (κ1) is 14.6. The van der Waals surface area contributed by atoms with Gasteiger partial charge in [-0.05, 0) is 40.2 Å². The van der Waals surface area contributed by atoms with E-state index in [9.17, 15) is 4.79 Å². The topological polar surface area (TPSA) is 60.9 Å². The lowest BCUT2D eigenvalue weighted by molar-refractivity contribution is -0.682. The molecule has 0 aliphatic heterocycles. The fourth-order valence-electron chi connectivity index (χ4n) is 2.26. The fourth-order valence-corrected chi connectivity index (χ4v) is 2.99. The fraction of sp³-hybridized carbons (Fsp3) is 0.200. The van der Waals surface area contributed by atoms with E-state index in [0.717, 1.165) is 21.3 Å². The van der Waals surface area contributed by atoms with Gasteiger partial charge in [-0.1, -0.05) is 5.21 Å². The van der Waals surface area contributed by atoms with Crippen LogP contribution in [0.3, 0.4) is 0 Å². The zero-order chi connectivity index (χ0) is 15.7. The minimum absolute atomic E-state index is 0.0165. The molecule has 2 heterocycles. The van der Waals surface area contributed by atoms with Crippen LogP contribution in [0, 0.1) is 0 Å². The maximum Gasteiger partial charge on any atom is 0.227 e. The molecule has 112 valence electrons. The number of rotatable bonds is 4. The molecule has 22 heavy (non-hydrogen) atoms. The van der Waals surface area contributed by atoms with Gasteiger partial charge in [0.15, 0.2) is 17.9 Å². The van der Waals surface area contributed by atoms with Crippen LogP contribution >= 0.6 is 15.9 Å². The van der Waals surface area contributed by atoms with Gasteiger partial charge in [0.25, 0.3) is 0 Å². The number of ether oxygens (including phenoxy) is 1. The van der Waals surface area contributed by atoms with Gasteiger partial charge < -0.3 is 4.74 Å². The van der Waals surface area contributed by atoms with Crippen LogP contribution in [-0.4, -0.2) is 27.9 Å². The van der Waals surface area contributed by atoms with Crippen molar-refractivity contribution < 1.29 is 14.1 Å². The Kier molecular flexibility index (Phi) is 3.89. The Morgan fingerprint density at radius 3 is 2.73 bits per heavy atom. The van der Waals surface area contributed by atoms with Crippen LogP contribution in [-0.2, 0) is 13.6 Å². The molecule has 0 aliphatic carbocycles. The standard InChI is InChI=1S/C15H14BrN4O2/c1-19-15-12(16)7-20(8-13(15)17-18-19)9-14(21)10-3-5-11(22-2)6-4-10/h3-8H,9H2,1-2H3/q+1. The molecular weight excluding hydrogens is 348 g/mol. The van der Waals surface area contributed by atoms with Crippen LogP contribution in [0.2, 0.25) is 0 Å². The van der Waals surface area contributed by atoms with Gasteiger partial charge in [-0.2, -0.15) is 4.57 Å². The molecule has 0 unspecified atom stereocenters. The molecule has 0 radical (unpaired) electrons. The molecule has 2 aromatic heterocycles. The van der Waals surface area contributed by atoms with Crippen LogP contribution in [0.15, 0.2) is 41.1 Å². The first-order valence-electron chi connectivity index (χ1n) is 6.63. The van der Waals surface area contributed by atoms with Crippen molar-refractivity contribution >= 4 is 32.7 Å². The Labute approximate surface area is 135 Å². The normalized spacial score (nSPS) is 10.9. The smallest absolute Gasteiger partial charge is 0.227 e. The largest absolute Gasteiger partial charge is 0.497 e. The van der Waals surface area contributed by atoms with Crippen molar-refractivity contribution in [2.45, 2.75) is 6.54 Å². The first-order valence-corrected chi connectivity index (χ1v) is 7.43. The maximum absolute atomic E-state index is 12.3. The summed E-state index contributed by atoms with van der Waals surface area (Å²) in [6, 6.07) is 7.08. The van der Waals surface area contributed by atoms with Crippen molar-refractivity contribution in [3.63, 3.8) is 0 Å². The predicted molar refractivity (Wildman–Crippen MR) is 83.7 cm³/mol. The van der Waals surface area contributed by atoms with Crippen molar-refractivity contribution in [2.24, 2.45) is 7.05 Å². The number of methoxy groups -OCH3 is 1. The maximum atomic E-state index is 12.3. The Hall–Kier alpha value is -2.28. The molecule has 0 amide bonds. The molecule has 0 saturated carbocycles. The van der Waals surface area contributed by atoms with Crippen LogP contribution in [0.1, 0.15) is 10.4 Å². The SMILES string of the molecule is COc1ccc(C(=O)C[n+]2cc(Br)c3c(c2)nnn3C)cc1. The summed E-state index contributed by atoms with van der Waals surface area (Å²) in [5.41, 5.74) is 2.27. The molecule has 1 aromatic carbocycles. The van der Waals surface area contributed by atoms with Gasteiger partial charge in [-0.15, -0.1) is 5.10 Å². The number of aryl methyl sites for hydroxylation is 1. The van der Waals surface area contributed by atoms with E-state index in [-0.39, 0.29) is 12.3 Å². The zero-order valence-corrected chi connectivity index (χ0v) is 13.7. The summed E-state index contributed by atoms with van der Waals surface area (Å²) in [5, 5.41) is 8.06. The molecule has 0 aliphatic rings. The molecule has 0 N–H and O–H groups in total. The molecule has 0 spiro atoms. The second-order valence-electron chi connectivity index (χ2n) is 4.88. The van der Waals surface area contributed by atoms with Gasteiger partial charge in [-0.25, -0.2) is 4.68 Å². The average Bonchev–Trinajstić information content (AvgIpc) is 2.89. The molecule has 3 aromatic rings. The minimum Gasteiger partial charge on any atom is -0.497 e. The highest BCUT2D eigenvalue weighted by atomic mass is 79.9. The number of halogens is 1. The third-order valence-corrected chi connectivity index (χ3v) is 3.96. The van der Waals surface area contributed by atoms with Gasteiger partial charge in [0.1, 0.15) is 15.7 Å². The highest BCUT2D eigenvalue weighted by Crippen LogP contribution is 2.19. The molecule has 0 saturated heterocycles. The average molecular weight is 362 g/mol. The van der Waals surface area contributed by atoms with Crippen LogP contribution in [0.25, 0.3) is 11.0 Å². The number of benzene rings is 1. The number of fused-ring (bicyclic) bond motifs is 1. The number of hydrogen-bond acceptors (Lipinski definition) is 4. The number of nitrogens with zero attached hydrogens (tertiary/aromatic N) is 4. The van der Waals surface area contributed by atoms with E-state index in [1.54, 1.807) is 40.6 Å². The van der Waals surface area contributed by atoms with E-state index in [0.29, 0.717) is 5.56 Å². The van der Waals surface area contributed by atoms with Gasteiger partial charge >= 0.3 is 0 Å². The summed E-state index contributed by atoms with van der Waals surface area (Å²) in [6.45, 7) is 0.234. The lowest BCUT2D eigenvalue weighted by Crippen LogP contribution is -2.37. The van der Waals surface area contributed by atoms with Crippen molar-refractivity contribution in [2.75, 3.05) is 7.11 Å². The molecular formula is C15H14BrN4O2+. The molecule has 3 rings (SSSR count). The summed E-state index contributed by atoms with van der Waals surface area (Å²) in [7, 11) is 3.42. The van der Waals surface area contributed by atoms with Crippen LogP contribution < -0.4 is 9.30 Å². The summed E-state index contributed by atoms with van der Waals surface area (Å²) >= 11 is 3.49. The lowest BCUT2D eigenvalue weighted by atomic mass is 10.1. The molecule has 7 heteroatoms. The van der Waals surface area contributed by atoms with E-state index in [4.69, 9.17) is 4.74 Å². The number of aromatic nitrogens is 4. The van der Waals surface area contributed by atoms with Crippen molar-refractivity contribution in [1.29, 1.82) is 0 Å². The van der Waals surface area contributed by atoms with Gasteiger partial charge in [-0.3, -0.25) is 4.79 Å². The summed E-state index contributed by atoms with van der Waals surface area (Å²) in [6.07, 6.45) is 3.67. The number of carbonyl (C=O) groups is 1. The number of hydrogen-bond donors (Lipinski definition) is 0. The Morgan fingerprint density at radius 2 is 2.05 bits per heavy atom. The van der Waals surface area contributed by atoms with E-state index in [1.165, 1.54) is 0 Å². The number of carbonyl (C=O) groups excluding carboxylic acids is 1. The predicted octanol–water partition coefficient (Wildman–Crippen LogP) is 1.91. The number of Topliss-reactive ketones (excluding diaryl/α,β-unsaturated/α-hetero) is 1. The molecule has 0 atom stereocenters. The van der Waals surface area contributed by atoms with Gasteiger partial charge in [0.2, 0.25) is 12.3 Å². The van der Waals surface area contributed by atoms with Crippen LogP contribution in [0.5, 0.6) is 5.75 Å². The second kappa shape index (κ2) is 5.84. The van der Waals surface area contributed by atoms with Gasteiger partial charge in [0.05, 0.1) is 7.11 Å². The lowest BCUT2D eigenvalue weighted by Gasteiger charge is -2.02. The van der Waals surface area contributed by atoms with E-state index >= 15 is 0 Å². The van der Waals surface area contributed by atoms with Crippen molar-refractivity contribution in [3.8, 4) is 5.75 Å². The van der Waals surface area contributed by atoms with Gasteiger partial charge in [0, 0.05) is 12.6 Å². The molecule has 0 fully saturated rings. The minimum atomic E-state index is 0.0165. The Bertz CT molecular complexity index is 843.